The maximum atomic E-state index is 12.3. The Morgan fingerprint density at radius 2 is 2.00 bits per heavy atom. The van der Waals surface area contributed by atoms with Crippen molar-refractivity contribution in [1.29, 1.82) is 0 Å². The third kappa shape index (κ3) is 3.45. The van der Waals surface area contributed by atoms with E-state index in [9.17, 15) is 4.79 Å². The van der Waals surface area contributed by atoms with Crippen molar-refractivity contribution >= 4 is 49.7 Å². The maximum Gasteiger partial charge on any atom is 0.275 e. The molecule has 0 unspecified atom stereocenters. The second kappa shape index (κ2) is 6.73. The van der Waals surface area contributed by atoms with Crippen molar-refractivity contribution in [3.8, 4) is 11.5 Å². The fourth-order valence-corrected chi connectivity index (χ4v) is 3.38. The molecule has 1 aromatic heterocycles. The fourth-order valence-electron chi connectivity index (χ4n) is 2.28. The normalized spacial score (nSPS) is 12.0. The SMILES string of the molecule is O=C(Nc1ccccc1Br)c1csc(Nc2ccc3c(c2)OCO3)n1. The van der Waals surface area contributed by atoms with Crippen LogP contribution in [0.1, 0.15) is 10.5 Å². The highest BCUT2D eigenvalue weighted by Crippen LogP contribution is 2.35. The van der Waals surface area contributed by atoms with Gasteiger partial charge in [0.05, 0.1) is 5.69 Å². The van der Waals surface area contributed by atoms with Crippen LogP contribution in [0.2, 0.25) is 0 Å². The molecule has 0 atom stereocenters. The van der Waals surface area contributed by atoms with E-state index >= 15 is 0 Å². The first-order valence-electron chi connectivity index (χ1n) is 7.37. The first-order chi connectivity index (χ1) is 12.2. The number of amides is 1. The Morgan fingerprint density at radius 3 is 2.88 bits per heavy atom. The summed E-state index contributed by atoms with van der Waals surface area (Å²) in [5.74, 6) is 1.15. The molecule has 0 spiro atoms. The zero-order valence-electron chi connectivity index (χ0n) is 12.8. The number of aromatic nitrogens is 1. The first kappa shape index (κ1) is 15.9. The van der Waals surface area contributed by atoms with Gasteiger partial charge in [-0.15, -0.1) is 11.3 Å². The molecule has 0 radical (unpaired) electrons. The lowest BCUT2D eigenvalue weighted by molar-refractivity contribution is 0.102. The van der Waals surface area contributed by atoms with Gasteiger partial charge in [0.15, 0.2) is 16.6 Å². The summed E-state index contributed by atoms with van der Waals surface area (Å²) in [6.07, 6.45) is 0. The molecule has 2 heterocycles. The molecule has 8 heteroatoms. The minimum Gasteiger partial charge on any atom is -0.454 e. The number of rotatable bonds is 4. The highest BCUT2D eigenvalue weighted by molar-refractivity contribution is 9.10. The van der Waals surface area contributed by atoms with Gasteiger partial charge in [-0.25, -0.2) is 4.98 Å². The number of nitrogens with zero attached hydrogens (tertiary/aromatic N) is 1. The second-order valence-corrected chi connectivity index (χ2v) is 6.88. The van der Waals surface area contributed by atoms with Gasteiger partial charge < -0.3 is 20.1 Å². The van der Waals surface area contributed by atoms with E-state index in [1.54, 1.807) is 5.38 Å². The summed E-state index contributed by atoms with van der Waals surface area (Å²) in [5.41, 5.74) is 1.87. The van der Waals surface area contributed by atoms with Gasteiger partial charge >= 0.3 is 0 Å². The van der Waals surface area contributed by atoms with Crippen LogP contribution in [0.15, 0.2) is 52.3 Å². The molecule has 25 heavy (non-hydrogen) atoms. The molecule has 0 fully saturated rings. The number of ether oxygens (including phenoxy) is 2. The van der Waals surface area contributed by atoms with E-state index in [1.165, 1.54) is 11.3 Å². The fraction of sp³-hybridized carbons (Fsp3) is 0.0588. The molecule has 6 nitrogen and oxygen atoms in total. The van der Waals surface area contributed by atoms with E-state index in [-0.39, 0.29) is 12.7 Å². The number of thiazole rings is 1. The van der Waals surface area contributed by atoms with Gasteiger partial charge in [-0.3, -0.25) is 4.79 Å². The summed E-state index contributed by atoms with van der Waals surface area (Å²) < 4.78 is 11.5. The Bertz CT molecular complexity index is 944. The highest BCUT2D eigenvalue weighted by Gasteiger charge is 2.15. The zero-order valence-corrected chi connectivity index (χ0v) is 15.2. The second-order valence-electron chi connectivity index (χ2n) is 5.16. The van der Waals surface area contributed by atoms with Crippen molar-refractivity contribution in [3.63, 3.8) is 0 Å². The van der Waals surface area contributed by atoms with Gasteiger partial charge in [-0.1, -0.05) is 12.1 Å². The molecule has 0 saturated heterocycles. The molecule has 0 aliphatic carbocycles. The van der Waals surface area contributed by atoms with Crippen LogP contribution >= 0.6 is 27.3 Å². The predicted octanol–water partition coefficient (Wildman–Crippen LogP) is 4.63. The number of anilines is 3. The molecule has 2 aromatic carbocycles. The minimum absolute atomic E-state index is 0.232. The number of hydrogen-bond donors (Lipinski definition) is 2. The van der Waals surface area contributed by atoms with Gasteiger partial charge in [0.25, 0.3) is 5.91 Å². The van der Waals surface area contributed by atoms with Crippen LogP contribution in [0.25, 0.3) is 0 Å². The van der Waals surface area contributed by atoms with Crippen LogP contribution in [0.3, 0.4) is 0 Å². The van der Waals surface area contributed by atoms with Crippen molar-refractivity contribution in [1.82, 2.24) is 4.98 Å². The van der Waals surface area contributed by atoms with E-state index in [2.05, 4.69) is 31.5 Å². The van der Waals surface area contributed by atoms with Crippen LogP contribution in [0.4, 0.5) is 16.5 Å². The molecule has 1 aliphatic heterocycles. The lowest BCUT2D eigenvalue weighted by Gasteiger charge is -2.05. The number of hydrogen-bond acceptors (Lipinski definition) is 6. The topological polar surface area (TPSA) is 72.5 Å². The van der Waals surface area contributed by atoms with Crippen molar-refractivity contribution in [3.05, 3.63) is 58.0 Å². The van der Waals surface area contributed by atoms with Crippen LogP contribution in [0, 0.1) is 0 Å². The molecule has 2 N–H and O–H groups in total. The summed E-state index contributed by atoms with van der Waals surface area (Å²) in [6, 6.07) is 13.0. The lowest BCUT2D eigenvalue weighted by atomic mass is 10.3. The van der Waals surface area contributed by atoms with E-state index in [4.69, 9.17) is 9.47 Å². The lowest BCUT2D eigenvalue weighted by Crippen LogP contribution is -2.12. The van der Waals surface area contributed by atoms with Crippen molar-refractivity contribution in [2.75, 3.05) is 17.4 Å². The van der Waals surface area contributed by atoms with Crippen LogP contribution in [0.5, 0.6) is 11.5 Å². The van der Waals surface area contributed by atoms with Crippen molar-refractivity contribution in [2.24, 2.45) is 0 Å². The first-order valence-corrected chi connectivity index (χ1v) is 9.04. The summed E-state index contributed by atoms with van der Waals surface area (Å²) in [6.45, 7) is 0.232. The molecular formula is C17H12BrN3O3S. The molecule has 1 amide bonds. The number of benzene rings is 2. The van der Waals surface area contributed by atoms with E-state index in [0.29, 0.717) is 22.3 Å². The number of fused-ring (bicyclic) bond motifs is 1. The zero-order chi connectivity index (χ0) is 17.2. The van der Waals surface area contributed by atoms with Crippen molar-refractivity contribution in [2.45, 2.75) is 0 Å². The minimum atomic E-state index is -0.262. The van der Waals surface area contributed by atoms with E-state index in [0.717, 1.165) is 15.9 Å². The quantitative estimate of drug-likeness (QED) is 0.647. The number of para-hydroxylation sites is 1. The van der Waals surface area contributed by atoms with Gasteiger partial charge in [0.2, 0.25) is 6.79 Å². The molecule has 3 aromatic rings. The number of carbonyl (C=O) groups is 1. The average Bonchev–Trinajstić information content (AvgIpc) is 3.26. The number of nitrogens with one attached hydrogen (secondary N) is 2. The Hall–Kier alpha value is -2.58. The number of halogens is 1. The Kier molecular flexibility index (Phi) is 4.29. The standard InChI is InChI=1S/C17H12BrN3O3S/c18-11-3-1-2-4-12(11)20-16(22)13-8-25-17(21-13)19-10-5-6-14-15(7-10)24-9-23-14/h1-8H,9H2,(H,19,21)(H,20,22). The summed E-state index contributed by atoms with van der Waals surface area (Å²) >= 11 is 4.76. The summed E-state index contributed by atoms with van der Waals surface area (Å²) in [7, 11) is 0. The van der Waals surface area contributed by atoms with Gasteiger partial charge in [-0.2, -0.15) is 0 Å². The molecule has 126 valence electrons. The Labute approximate surface area is 155 Å². The van der Waals surface area contributed by atoms with Crippen LogP contribution in [-0.4, -0.2) is 17.7 Å². The Balaban J connectivity index is 1.46. The van der Waals surface area contributed by atoms with Crippen LogP contribution < -0.4 is 20.1 Å². The van der Waals surface area contributed by atoms with Crippen molar-refractivity contribution < 1.29 is 14.3 Å². The largest absolute Gasteiger partial charge is 0.454 e. The highest BCUT2D eigenvalue weighted by atomic mass is 79.9. The average molecular weight is 418 g/mol. The van der Waals surface area contributed by atoms with Gasteiger partial charge in [-0.05, 0) is 40.2 Å². The van der Waals surface area contributed by atoms with E-state index < -0.39 is 0 Å². The third-order valence-electron chi connectivity index (χ3n) is 3.48. The molecular weight excluding hydrogens is 406 g/mol. The monoisotopic (exact) mass is 417 g/mol. The third-order valence-corrected chi connectivity index (χ3v) is 4.93. The number of carbonyl (C=O) groups excluding carboxylic acids is 1. The van der Waals surface area contributed by atoms with E-state index in [1.807, 2.05) is 42.5 Å². The molecule has 1 aliphatic rings. The van der Waals surface area contributed by atoms with Gasteiger partial charge in [0.1, 0.15) is 5.69 Å². The summed E-state index contributed by atoms with van der Waals surface area (Å²) in [5, 5.41) is 8.33. The Morgan fingerprint density at radius 1 is 1.16 bits per heavy atom. The predicted molar refractivity (Wildman–Crippen MR) is 100 cm³/mol. The maximum absolute atomic E-state index is 12.3. The van der Waals surface area contributed by atoms with Gasteiger partial charge in [0, 0.05) is 21.6 Å². The molecule has 0 saturated carbocycles. The summed E-state index contributed by atoms with van der Waals surface area (Å²) in [4.78, 5) is 16.7. The molecule has 0 bridgehead atoms. The molecule has 4 rings (SSSR count). The van der Waals surface area contributed by atoms with Crippen LogP contribution in [-0.2, 0) is 0 Å². The smallest absolute Gasteiger partial charge is 0.275 e.